The second-order valence-electron chi connectivity index (χ2n) is 4.22. The van der Waals surface area contributed by atoms with Gasteiger partial charge in [0.25, 0.3) is 0 Å². The molecule has 0 spiro atoms. The lowest BCUT2D eigenvalue weighted by molar-refractivity contribution is 0.879. The van der Waals surface area contributed by atoms with Crippen LogP contribution >= 0.6 is 11.3 Å². The van der Waals surface area contributed by atoms with Crippen LogP contribution in [-0.2, 0) is 0 Å². The van der Waals surface area contributed by atoms with Crippen molar-refractivity contribution in [2.75, 3.05) is 12.4 Å². The van der Waals surface area contributed by atoms with Crippen LogP contribution in [0, 0.1) is 13.8 Å². The average Bonchev–Trinajstić information content (AvgIpc) is 3.09. The van der Waals surface area contributed by atoms with Gasteiger partial charge < -0.3 is 5.32 Å². The van der Waals surface area contributed by atoms with Crippen LogP contribution in [0.2, 0.25) is 0 Å². The van der Waals surface area contributed by atoms with Crippen LogP contribution in [0.5, 0.6) is 0 Å². The van der Waals surface area contributed by atoms with Crippen LogP contribution in [0.25, 0.3) is 17.2 Å². The molecule has 6 nitrogen and oxygen atoms in total. The molecule has 0 saturated heterocycles. The minimum atomic E-state index is 0.727. The van der Waals surface area contributed by atoms with E-state index in [4.69, 9.17) is 0 Å². The van der Waals surface area contributed by atoms with Crippen molar-refractivity contribution in [3.63, 3.8) is 0 Å². The van der Waals surface area contributed by atoms with Gasteiger partial charge in [0.15, 0.2) is 5.13 Å². The Balaban J connectivity index is 2.11. The fraction of sp³-hybridized carbons (Fsp3) is 0.250. The van der Waals surface area contributed by atoms with Gasteiger partial charge in [0.2, 0.25) is 5.95 Å². The largest absolute Gasteiger partial charge is 0.365 e. The monoisotopic (exact) mass is 274 g/mol. The van der Waals surface area contributed by atoms with Gasteiger partial charge in [-0.2, -0.15) is 10.1 Å². The zero-order chi connectivity index (χ0) is 13.4. The first kappa shape index (κ1) is 11.9. The number of anilines is 1. The quantitative estimate of drug-likeness (QED) is 0.769. The highest BCUT2D eigenvalue weighted by Gasteiger charge is 2.15. The van der Waals surface area contributed by atoms with Gasteiger partial charge in [-0.25, -0.2) is 10.1 Å². The molecule has 0 atom stereocenters. The highest BCUT2D eigenvalue weighted by Crippen LogP contribution is 2.30. The molecule has 0 unspecified atom stereocenters. The van der Waals surface area contributed by atoms with Gasteiger partial charge in [-0.05, 0) is 19.9 Å². The highest BCUT2D eigenvalue weighted by molar-refractivity contribution is 7.14. The summed E-state index contributed by atoms with van der Waals surface area (Å²) in [7, 11) is 1.88. The predicted octanol–water partition coefficient (Wildman–Crippen LogP) is 2.38. The van der Waals surface area contributed by atoms with E-state index in [0.29, 0.717) is 0 Å². The summed E-state index contributed by atoms with van der Waals surface area (Å²) < 4.78 is 2.04. The molecule has 0 aromatic carbocycles. The molecule has 7 heteroatoms. The second-order valence-corrected chi connectivity index (χ2v) is 5.08. The van der Waals surface area contributed by atoms with Crippen molar-refractivity contribution in [3.05, 3.63) is 29.2 Å². The Bertz CT molecular complexity index is 694. The first-order chi connectivity index (χ1) is 9.20. The van der Waals surface area contributed by atoms with Gasteiger partial charge in [-0.1, -0.05) is 0 Å². The summed E-state index contributed by atoms with van der Waals surface area (Å²) in [5.74, 6) is 0.727. The Morgan fingerprint density at radius 1 is 1.37 bits per heavy atom. The van der Waals surface area contributed by atoms with Crippen LogP contribution in [0.1, 0.15) is 11.4 Å². The van der Waals surface area contributed by atoms with Crippen LogP contribution < -0.4 is 5.32 Å². The van der Waals surface area contributed by atoms with E-state index in [1.807, 2.05) is 18.5 Å². The maximum absolute atomic E-state index is 4.54. The molecule has 19 heavy (non-hydrogen) atoms. The molecule has 3 aromatic heterocycles. The zero-order valence-corrected chi connectivity index (χ0v) is 11.7. The molecule has 0 saturated carbocycles. The molecule has 0 aliphatic heterocycles. The normalized spacial score (nSPS) is 10.9. The van der Waals surface area contributed by atoms with E-state index < -0.39 is 0 Å². The Morgan fingerprint density at radius 2 is 2.21 bits per heavy atom. The maximum Gasteiger partial charge on any atom is 0.229 e. The lowest BCUT2D eigenvalue weighted by Gasteiger charge is -2.04. The van der Waals surface area contributed by atoms with Gasteiger partial charge in [-0.15, -0.1) is 11.3 Å². The van der Waals surface area contributed by atoms with Crippen molar-refractivity contribution >= 4 is 16.5 Å². The Labute approximate surface area is 114 Å². The summed E-state index contributed by atoms with van der Waals surface area (Å²) in [4.78, 5) is 8.75. The fourth-order valence-electron chi connectivity index (χ4n) is 2.17. The molecular formula is C12H14N6S. The molecule has 0 aliphatic rings. The predicted molar refractivity (Wildman–Crippen MR) is 75.8 cm³/mol. The molecule has 0 radical (unpaired) electrons. The third-order valence-electron chi connectivity index (χ3n) is 3.04. The zero-order valence-electron chi connectivity index (χ0n) is 10.9. The number of hydrogen-bond donors (Lipinski definition) is 2. The topological polar surface area (TPSA) is 71.4 Å². The van der Waals surface area contributed by atoms with E-state index in [0.717, 1.165) is 33.7 Å². The molecule has 0 bridgehead atoms. The van der Waals surface area contributed by atoms with Crippen molar-refractivity contribution in [2.45, 2.75) is 13.8 Å². The fourth-order valence-corrected chi connectivity index (χ4v) is 2.84. The number of H-pyrrole nitrogens is 1. The lowest BCUT2D eigenvalue weighted by atomic mass is 10.2. The molecule has 3 aromatic rings. The standard InChI is InChI=1S/C12H14N6S/c1-7-4-9(10-5-19-12(13-3)16-10)8(2)18(7)11-14-6-15-17-11/h4-6H,1-3H3,(H,13,16)(H,14,15,17). The van der Waals surface area contributed by atoms with E-state index >= 15 is 0 Å². The van der Waals surface area contributed by atoms with Gasteiger partial charge in [-0.3, -0.25) is 4.57 Å². The van der Waals surface area contributed by atoms with E-state index in [-0.39, 0.29) is 0 Å². The minimum absolute atomic E-state index is 0.727. The lowest BCUT2D eigenvalue weighted by Crippen LogP contribution is -2.01. The number of aromatic nitrogens is 5. The summed E-state index contributed by atoms with van der Waals surface area (Å²) in [6.07, 6.45) is 1.51. The van der Waals surface area contributed by atoms with Crippen LogP contribution in [-0.4, -0.2) is 31.8 Å². The molecule has 98 valence electrons. The molecular weight excluding hydrogens is 260 g/mol. The first-order valence-corrected chi connectivity index (χ1v) is 6.77. The number of hydrogen-bond acceptors (Lipinski definition) is 5. The van der Waals surface area contributed by atoms with E-state index in [1.165, 1.54) is 6.33 Å². The smallest absolute Gasteiger partial charge is 0.229 e. The third-order valence-corrected chi connectivity index (χ3v) is 3.90. The number of rotatable bonds is 3. The number of thiazole rings is 1. The summed E-state index contributed by atoms with van der Waals surface area (Å²) in [5, 5.41) is 12.8. The molecule has 3 heterocycles. The number of nitrogens with one attached hydrogen (secondary N) is 2. The van der Waals surface area contributed by atoms with Gasteiger partial charge in [0, 0.05) is 29.4 Å². The first-order valence-electron chi connectivity index (χ1n) is 5.89. The Hall–Kier alpha value is -2.15. The van der Waals surface area contributed by atoms with E-state index in [2.05, 4.69) is 43.9 Å². The number of aryl methyl sites for hydroxylation is 1. The molecule has 3 rings (SSSR count). The van der Waals surface area contributed by atoms with E-state index in [1.54, 1.807) is 11.3 Å². The Kier molecular flexibility index (Phi) is 2.83. The van der Waals surface area contributed by atoms with Gasteiger partial charge in [0.05, 0.1) is 5.69 Å². The van der Waals surface area contributed by atoms with Crippen LogP contribution in [0.15, 0.2) is 17.8 Å². The van der Waals surface area contributed by atoms with Crippen molar-refractivity contribution in [2.24, 2.45) is 0 Å². The van der Waals surface area contributed by atoms with Crippen molar-refractivity contribution in [1.82, 2.24) is 24.7 Å². The highest BCUT2D eigenvalue weighted by atomic mass is 32.1. The number of nitrogens with zero attached hydrogens (tertiary/aromatic N) is 4. The number of aromatic amines is 1. The maximum atomic E-state index is 4.54. The summed E-state index contributed by atoms with van der Waals surface area (Å²) >= 11 is 1.60. The average molecular weight is 274 g/mol. The SMILES string of the molecule is CNc1nc(-c2cc(C)n(-c3ncn[nH]3)c2C)cs1. The minimum Gasteiger partial charge on any atom is -0.365 e. The molecule has 0 aliphatic carbocycles. The second kappa shape index (κ2) is 4.51. The molecule has 0 fully saturated rings. The van der Waals surface area contributed by atoms with E-state index in [9.17, 15) is 0 Å². The molecule has 0 amide bonds. The van der Waals surface area contributed by atoms with Crippen LogP contribution in [0.3, 0.4) is 0 Å². The van der Waals surface area contributed by atoms with Crippen molar-refractivity contribution in [3.8, 4) is 17.2 Å². The summed E-state index contributed by atoms with van der Waals surface area (Å²) in [6.45, 7) is 4.10. The van der Waals surface area contributed by atoms with Crippen molar-refractivity contribution < 1.29 is 0 Å². The summed E-state index contributed by atoms with van der Waals surface area (Å²) in [6, 6.07) is 2.12. The summed E-state index contributed by atoms with van der Waals surface area (Å²) in [5.41, 5.74) is 4.30. The third kappa shape index (κ3) is 1.91. The van der Waals surface area contributed by atoms with Gasteiger partial charge >= 0.3 is 0 Å². The Morgan fingerprint density at radius 3 is 2.84 bits per heavy atom. The van der Waals surface area contributed by atoms with Crippen LogP contribution in [0.4, 0.5) is 5.13 Å². The molecule has 2 N–H and O–H groups in total. The van der Waals surface area contributed by atoms with Gasteiger partial charge in [0.1, 0.15) is 6.33 Å². The van der Waals surface area contributed by atoms with Crippen molar-refractivity contribution in [1.29, 1.82) is 0 Å².